The van der Waals surface area contributed by atoms with Gasteiger partial charge in [-0.25, -0.2) is 0 Å². The van der Waals surface area contributed by atoms with E-state index in [0.29, 0.717) is 17.2 Å². The molecule has 27 heavy (non-hydrogen) atoms. The standard InChI is InChI=1S/C20H18ClNO5/c21-14-7-2-1-6-13(14)17-16(18(23)15-8-4-10-27-15)19(24)20(25)22(17)11-12-5-3-9-26-12/h1-2,4,6-8,10,12,17,24H,3,5,9,11H2/t12-,17-/m1/s1. The van der Waals surface area contributed by atoms with Gasteiger partial charge < -0.3 is 19.2 Å². The number of carbonyl (C=O) groups excluding carboxylic acids is 2. The van der Waals surface area contributed by atoms with Gasteiger partial charge in [0.05, 0.1) is 24.0 Å². The van der Waals surface area contributed by atoms with Crippen molar-refractivity contribution < 1.29 is 23.8 Å². The third kappa shape index (κ3) is 3.15. The molecule has 1 saturated heterocycles. The van der Waals surface area contributed by atoms with Crippen LogP contribution in [0.25, 0.3) is 0 Å². The average Bonchev–Trinajstić information content (AvgIpc) is 3.40. The molecule has 0 radical (unpaired) electrons. The number of furan rings is 1. The number of benzene rings is 1. The van der Waals surface area contributed by atoms with E-state index in [1.807, 2.05) is 0 Å². The zero-order valence-electron chi connectivity index (χ0n) is 14.4. The van der Waals surface area contributed by atoms with Gasteiger partial charge in [-0.05, 0) is 36.6 Å². The lowest BCUT2D eigenvalue weighted by molar-refractivity contribution is -0.131. The van der Waals surface area contributed by atoms with Crippen LogP contribution in [-0.4, -0.2) is 41.0 Å². The molecular weight excluding hydrogens is 370 g/mol. The molecule has 2 aromatic rings. The van der Waals surface area contributed by atoms with Gasteiger partial charge in [0.25, 0.3) is 5.91 Å². The second-order valence-electron chi connectivity index (χ2n) is 6.59. The molecule has 0 aliphatic carbocycles. The van der Waals surface area contributed by atoms with Crippen molar-refractivity contribution in [1.82, 2.24) is 4.90 Å². The Hall–Kier alpha value is -2.57. The number of rotatable bonds is 5. The lowest BCUT2D eigenvalue weighted by Crippen LogP contribution is -2.37. The summed E-state index contributed by atoms with van der Waals surface area (Å²) in [4.78, 5) is 27.2. The maximum Gasteiger partial charge on any atom is 0.290 e. The average molecular weight is 388 g/mol. The van der Waals surface area contributed by atoms with Gasteiger partial charge in [-0.3, -0.25) is 9.59 Å². The number of aliphatic hydroxyl groups excluding tert-OH is 1. The molecule has 2 atom stereocenters. The van der Waals surface area contributed by atoms with Crippen molar-refractivity contribution in [2.75, 3.05) is 13.2 Å². The number of ether oxygens (including phenoxy) is 1. The molecule has 1 aromatic carbocycles. The minimum absolute atomic E-state index is 0.0268. The third-order valence-electron chi connectivity index (χ3n) is 4.92. The summed E-state index contributed by atoms with van der Waals surface area (Å²) in [7, 11) is 0. The van der Waals surface area contributed by atoms with Crippen LogP contribution in [0.1, 0.15) is 35.0 Å². The van der Waals surface area contributed by atoms with E-state index in [2.05, 4.69) is 0 Å². The van der Waals surface area contributed by atoms with Crippen LogP contribution in [0.5, 0.6) is 0 Å². The fourth-order valence-electron chi connectivity index (χ4n) is 3.64. The van der Waals surface area contributed by atoms with Gasteiger partial charge in [-0.15, -0.1) is 0 Å². The molecule has 2 aliphatic rings. The SMILES string of the molecule is O=C(C1=C(O)C(=O)N(C[C@H]2CCCO2)[C@@H]1c1ccccc1Cl)c1ccco1. The van der Waals surface area contributed by atoms with Gasteiger partial charge in [-0.1, -0.05) is 29.8 Å². The number of Topliss-reactive ketones (excluding diaryl/α,β-unsaturated/α-hetero) is 1. The largest absolute Gasteiger partial charge is 0.503 e. The zero-order chi connectivity index (χ0) is 19.0. The van der Waals surface area contributed by atoms with E-state index in [1.54, 1.807) is 30.3 Å². The Kier molecular flexibility index (Phi) is 4.76. The Morgan fingerprint density at radius 2 is 2.07 bits per heavy atom. The summed E-state index contributed by atoms with van der Waals surface area (Å²) in [5, 5.41) is 10.9. The summed E-state index contributed by atoms with van der Waals surface area (Å²) in [5.74, 6) is -1.66. The maximum absolute atomic E-state index is 13.0. The minimum atomic E-state index is -0.798. The van der Waals surface area contributed by atoms with Crippen molar-refractivity contribution in [3.8, 4) is 0 Å². The van der Waals surface area contributed by atoms with Gasteiger partial charge in [-0.2, -0.15) is 0 Å². The second-order valence-corrected chi connectivity index (χ2v) is 6.99. The molecule has 0 unspecified atom stereocenters. The number of nitrogens with zero attached hydrogens (tertiary/aromatic N) is 1. The highest BCUT2D eigenvalue weighted by Gasteiger charge is 2.46. The first-order valence-electron chi connectivity index (χ1n) is 8.76. The highest BCUT2D eigenvalue weighted by atomic mass is 35.5. The van der Waals surface area contributed by atoms with Crippen molar-refractivity contribution in [3.05, 3.63) is 70.3 Å². The normalized spacial score (nSPS) is 22.7. The molecule has 0 spiro atoms. The fourth-order valence-corrected chi connectivity index (χ4v) is 3.88. The minimum Gasteiger partial charge on any atom is -0.503 e. The predicted molar refractivity (Wildman–Crippen MR) is 97.6 cm³/mol. The lowest BCUT2D eigenvalue weighted by Gasteiger charge is -2.29. The smallest absolute Gasteiger partial charge is 0.290 e. The number of carbonyl (C=O) groups is 2. The van der Waals surface area contributed by atoms with Crippen LogP contribution < -0.4 is 0 Å². The Bertz CT molecular complexity index is 899. The van der Waals surface area contributed by atoms with Crippen LogP contribution in [0, 0.1) is 0 Å². The Labute approximate surface area is 161 Å². The molecule has 4 rings (SSSR count). The molecule has 1 fully saturated rings. The summed E-state index contributed by atoms with van der Waals surface area (Å²) in [6.07, 6.45) is 2.98. The van der Waals surface area contributed by atoms with Crippen LogP contribution in [0.2, 0.25) is 5.02 Å². The lowest BCUT2D eigenvalue weighted by atomic mass is 9.95. The predicted octanol–water partition coefficient (Wildman–Crippen LogP) is 3.69. The number of ketones is 1. The monoisotopic (exact) mass is 387 g/mol. The number of aliphatic hydroxyl groups is 1. The highest BCUT2D eigenvalue weighted by molar-refractivity contribution is 6.31. The Balaban J connectivity index is 1.78. The van der Waals surface area contributed by atoms with E-state index >= 15 is 0 Å². The zero-order valence-corrected chi connectivity index (χ0v) is 15.2. The van der Waals surface area contributed by atoms with E-state index in [-0.39, 0.29) is 24.0 Å². The number of amides is 1. The van der Waals surface area contributed by atoms with Gasteiger partial charge in [0.2, 0.25) is 5.78 Å². The van der Waals surface area contributed by atoms with Crippen LogP contribution in [0.4, 0.5) is 0 Å². The number of halogens is 1. The number of hydrogen-bond acceptors (Lipinski definition) is 5. The first-order valence-corrected chi connectivity index (χ1v) is 9.14. The fraction of sp³-hybridized carbons (Fsp3) is 0.300. The van der Waals surface area contributed by atoms with E-state index in [4.69, 9.17) is 20.8 Å². The van der Waals surface area contributed by atoms with Gasteiger partial charge >= 0.3 is 0 Å². The van der Waals surface area contributed by atoms with Crippen molar-refractivity contribution in [3.63, 3.8) is 0 Å². The third-order valence-corrected chi connectivity index (χ3v) is 5.26. The first kappa shape index (κ1) is 17.8. The Morgan fingerprint density at radius 1 is 1.26 bits per heavy atom. The molecule has 0 bridgehead atoms. The van der Waals surface area contributed by atoms with Crippen LogP contribution in [0.3, 0.4) is 0 Å². The summed E-state index contributed by atoms with van der Waals surface area (Å²) >= 11 is 6.37. The van der Waals surface area contributed by atoms with E-state index in [9.17, 15) is 14.7 Å². The summed E-state index contributed by atoms with van der Waals surface area (Å²) in [6.45, 7) is 0.911. The Morgan fingerprint density at radius 3 is 2.74 bits per heavy atom. The quantitative estimate of drug-likeness (QED) is 0.791. The molecule has 1 aromatic heterocycles. The molecule has 1 N–H and O–H groups in total. The van der Waals surface area contributed by atoms with E-state index < -0.39 is 23.5 Å². The van der Waals surface area contributed by atoms with Crippen molar-refractivity contribution in [1.29, 1.82) is 0 Å². The molecule has 6 nitrogen and oxygen atoms in total. The summed E-state index contributed by atoms with van der Waals surface area (Å²) in [5.41, 5.74) is 0.547. The topological polar surface area (TPSA) is 80.0 Å². The highest BCUT2D eigenvalue weighted by Crippen LogP contribution is 2.42. The van der Waals surface area contributed by atoms with Crippen molar-refractivity contribution in [2.24, 2.45) is 0 Å². The van der Waals surface area contributed by atoms with Gasteiger partial charge in [0.15, 0.2) is 11.5 Å². The van der Waals surface area contributed by atoms with Gasteiger partial charge in [0, 0.05) is 18.2 Å². The van der Waals surface area contributed by atoms with E-state index in [0.717, 1.165) is 12.8 Å². The van der Waals surface area contributed by atoms with E-state index in [1.165, 1.54) is 17.2 Å². The molecule has 7 heteroatoms. The molecule has 2 aliphatic heterocycles. The van der Waals surface area contributed by atoms with Crippen molar-refractivity contribution >= 4 is 23.3 Å². The molecule has 3 heterocycles. The van der Waals surface area contributed by atoms with Crippen LogP contribution >= 0.6 is 11.6 Å². The van der Waals surface area contributed by atoms with Gasteiger partial charge in [0.1, 0.15) is 0 Å². The summed E-state index contributed by atoms with van der Waals surface area (Å²) < 4.78 is 10.8. The molecular formula is C20H18ClNO5. The van der Waals surface area contributed by atoms with Crippen LogP contribution in [-0.2, 0) is 9.53 Å². The van der Waals surface area contributed by atoms with Crippen molar-refractivity contribution in [2.45, 2.75) is 25.0 Å². The maximum atomic E-state index is 13.0. The molecule has 1 amide bonds. The summed E-state index contributed by atoms with van der Waals surface area (Å²) in [6, 6.07) is 9.26. The number of hydrogen-bond donors (Lipinski definition) is 1. The molecule has 140 valence electrons. The molecule has 0 saturated carbocycles. The first-order chi connectivity index (χ1) is 13.1. The van der Waals surface area contributed by atoms with Crippen LogP contribution in [0.15, 0.2) is 58.4 Å². The second kappa shape index (κ2) is 7.21.